The van der Waals surface area contributed by atoms with Gasteiger partial charge in [-0.1, -0.05) is 0 Å². The lowest BCUT2D eigenvalue weighted by Crippen LogP contribution is -2.33. The molecule has 0 amide bonds. The highest BCUT2D eigenvalue weighted by atomic mass is 16.6. The van der Waals surface area contributed by atoms with Crippen molar-refractivity contribution in [2.45, 2.75) is 38.9 Å². The van der Waals surface area contributed by atoms with Crippen molar-refractivity contribution in [1.29, 1.82) is 0 Å². The van der Waals surface area contributed by atoms with Crippen molar-refractivity contribution in [1.82, 2.24) is 5.32 Å². The van der Waals surface area contributed by atoms with E-state index in [1.54, 1.807) is 0 Å². The molecule has 0 aromatic carbocycles. The normalized spacial score (nSPS) is 16.5. The van der Waals surface area contributed by atoms with Crippen LogP contribution in [-0.2, 0) is 23.7 Å². The van der Waals surface area contributed by atoms with Crippen molar-refractivity contribution in [2.24, 2.45) is 0 Å². The molecule has 1 fully saturated rings. The van der Waals surface area contributed by atoms with Crippen molar-refractivity contribution < 1.29 is 23.7 Å². The second-order valence-electron chi connectivity index (χ2n) is 5.58. The minimum atomic E-state index is 0.260. The Labute approximate surface area is 134 Å². The van der Waals surface area contributed by atoms with E-state index in [2.05, 4.69) is 5.32 Å². The van der Waals surface area contributed by atoms with Crippen LogP contribution in [0.1, 0.15) is 26.7 Å². The average Bonchev–Trinajstić information content (AvgIpc) is 2.52. The monoisotopic (exact) mass is 319 g/mol. The quantitative estimate of drug-likeness (QED) is 0.486. The fourth-order valence-corrected chi connectivity index (χ4v) is 2.12. The van der Waals surface area contributed by atoms with E-state index in [9.17, 15) is 0 Å². The van der Waals surface area contributed by atoms with Gasteiger partial charge in [-0.2, -0.15) is 0 Å². The van der Waals surface area contributed by atoms with Crippen LogP contribution < -0.4 is 5.32 Å². The van der Waals surface area contributed by atoms with E-state index in [0.29, 0.717) is 59.0 Å². The smallest absolute Gasteiger partial charge is 0.0704 e. The predicted octanol–water partition coefficient (Wildman–Crippen LogP) is 1.23. The molecular weight excluding hydrogens is 286 g/mol. The molecular formula is C16H33NO5. The number of nitrogens with one attached hydrogen (secondary N) is 1. The lowest BCUT2D eigenvalue weighted by molar-refractivity contribution is -0.0301. The summed E-state index contributed by atoms with van der Waals surface area (Å²) >= 11 is 0. The first-order valence-corrected chi connectivity index (χ1v) is 8.46. The Morgan fingerprint density at radius 3 is 1.82 bits per heavy atom. The van der Waals surface area contributed by atoms with Gasteiger partial charge in [-0.05, 0) is 39.8 Å². The summed E-state index contributed by atoms with van der Waals surface area (Å²) in [7, 11) is 0. The molecule has 0 unspecified atom stereocenters. The second-order valence-corrected chi connectivity index (χ2v) is 5.58. The molecule has 1 aliphatic rings. The van der Waals surface area contributed by atoms with Crippen molar-refractivity contribution >= 4 is 0 Å². The summed E-state index contributed by atoms with van der Waals surface area (Å²) in [5.41, 5.74) is 0. The Hall–Kier alpha value is -0.240. The third-order valence-corrected chi connectivity index (χ3v) is 3.29. The van der Waals surface area contributed by atoms with E-state index in [0.717, 1.165) is 25.9 Å². The Balaban J connectivity index is 1.69. The van der Waals surface area contributed by atoms with Gasteiger partial charge in [0.25, 0.3) is 0 Å². The maximum Gasteiger partial charge on any atom is 0.0704 e. The van der Waals surface area contributed by atoms with Gasteiger partial charge in [-0.15, -0.1) is 0 Å². The van der Waals surface area contributed by atoms with Gasteiger partial charge in [-0.3, -0.25) is 0 Å². The SMILES string of the molecule is CC(C)OCCOCCOCCOCCOC1CCNCC1. The van der Waals surface area contributed by atoms with E-state index >= 15 is 0 Å². The van der Waals surface area contributed by atoms with Crippen molar-refractivity contribution in [3.05, 3.63) is 0 Å². The van der Waals surface area contributed by atoms with E-state index in [1.165, 1.54) is 0 Å². The van der Waals surface area contributed by atoms with Gasteiger partial charge in [-0.25, -0.2) is 0 Å². The highest BCUT2D eigenvalue weighted by Gasteiger charge is 2.12. The Kier molecular flexibility index (Phi) is 12.9. The van der Waals surface area contributed by atoms with E-state index < -0.39 is 0 Å². The van der Waals surface area contributed by atoms with Crippen molar-refractivity contribution in [2.75, 3.05) is 65.9 Å². The number of piperidine rings is 1. The molecule has 6 heteroatoms. The summed E-state index contributed by atoms with van der Waals surface area (Å²) in [6, 6.07) is 0. The summed E-state index contributed by atoms with van der Waals surface area (Å²) < 4.78 is 27.4. The molecule has 0 atom stereocenters. The maximum absolute atomic E-state index is 5.74. The molecule has 1 N–H and O–H groups in total. The van der Waals surface area contributed by atoms with Gasteiger partial charge in [0.2, 0.25) is 0 Å². The van der Waals surface area contributed by atoms with Crippen molar-refractivity contribution in [3.63, 3.8) is 0 Å². The fraction of sp³-hybridized carbons (Fsp3) is 1.00. The van der Waals surface area contributed by atoms with Crippen LogP contribution in [0, 0.1) is 0 Å². The van der Waals surface area contributed by atoms with Gasteiger partial charge in [0.05, 0.1) is 65.1 Å². The molecule has 1 saturated heterocycles. The minimum Gasteiger partial charge on any atom is -0.377 e. The molecule has 0 saturated carbocycles. The summed E-state index contributed by atoms with van der Waals surface area (Å²) in [5.74, 6) is 0. The first kappa shape index (κ1) is 19.8. The first-order chi connectivity index (χ1) is 10.8. The number of ether oxygens (including phenoxy) is 5. The summed E-state index contributed by atoms with van der Waals surface area (Å²) in [6.45, 7) is 11.1. The van der Waals surface area contributed by atoms with E-state index in [-0.39, 0.29) is 6.10 Å². The largest absolute Gasteiger partial charge is 0.377 e. The summed E-state index contributed by atoms with van der Waals surface area (Å²) in [6.07, 6.45) is 2.87. The van der Waals surface area contributed by atoms with E-state index in [4.69, 9.17) is 23.7 Å². The van der Waals surface area contributed by atoms with Gasteiger partial charge in [0.1, 0.15) is 0 Å². The van der Waals surface area contributed by atoms with Gasteiger partial charge in [0.15, 0.2) is 0 Å². The molecule has 0 aromatic rings. The summed E-state index contributed by atoms with van der Waals surface area (Å²) in [4.78, 5) is 0. The zero-order valence-corrected chi connectivity index (χ0v) is 14.2. The Morgan fingerprint density at radius 1 is 0.773 bits per heavy atom. The van der Waals surface area contributed by atoms with Crippen LogP contribution in [0.2, 0.25) is 0 Å². The van der Waals surface area contributed by atoms with Gasteiger partial charge in [0, 0.05) is 0 Å². The molecule has 0 spiro atoms. The third-order valence-electron chi connectivity index (χ3n) is 3.29. The molecule has 22 heavy (non-hydrogen) atoms. The third kappa shape index (κ3) is 12.3. The molecule has 0 bridgehead atoms. The summed E-state index contributed by atoms with van der Waals surface area (Å²) in [5, 5.41) is 3.32. The van der Waals surface area contributed by atoms with E-state index in [1.807, 2.05) is 13.8 Å². The zero-order valence-electron chi connectivity index (χ0n) is 14.2. The Bertz CT molecular complexity index is 235. The highest BCUT2D eigenvalue weighted by Crippen LogP contribution is 2.06. The number of hydrogen-bond donors (Lipinski definition) is 1. The maximum atomic E-state index is 5.74. The lowest BCUT2D eigenvalue weighted by Gasteiger charge is -2.22. The minimum absolute atomic E-state index is 0.260. The number of hydrogen-bond acceptors (Lipinski definition) is 6. The molecule has 0 aliphatic carbocycles. The van der Waals surface area contributed by atoms with Crippen LogP contribution in [0.15, 0.2) is 0 Å². The van der Waals surface area contributed by atoms with Crippen LogP contribution in [0.5, 0.6) is 0 Å². The molecule has 132 valence electrons. The van der Waals surface area contributed by atoms with Crippen LogP contribution in [0.3, 0.4) is 0 Å². The molecule has 0 radical (unpaired) electrons. The zero-order chi connectivity index (χ0) is 15.9. The van der Waals surface area contributed by atoms with Crippen LogP contribution in [0.4, 0.5) is 0 Å². The number of rotatable bonds is 14. The van der Waals surface area contributed by atoms with Crippen LogP contribution in [0.25, 0.3) is 0 Å². The van der Waals surface area contributed by atoms with Crippen molar-refractivity contribution in [3.8, 4) is 0 Å². The van der Waals surface area contributed by atoms with Crippen LogP contribution in [-0.4, -0.2) is 78.2 Å². The molecule has 0 aromatic heterocycles. The second kappa shape index (κ2) is 14.4. The first-order valence-electron chi connectivity index (χ1n) is 8.46. The molecule has 1 aliphatic heterocycles. The predicted molar refractivity (Wildman–Crippen MR) is 85.4 cm³/mol. The Morgan fingerprint density at radius 2 is 1.27 bits per heavy atom. The molecule has 6 nitrogen and oxygen atoms in total. The topological polar surface area (TPSA) is 58.2 Å². The fourth-order valence-electron chi connectivity index (χ4n) is 2.12. The van der Waals surface area contributed by atoms with Gasteiger partial charge >= 0.3 is 0 Å². The van der Waals surface area contributed by atoms with Crippen LogP contribution >= 0.6 is 0 Å². The van der Waals surface area contributed by atoms with Gasteiger partial charge < -0.3 is 29.0 Å². The molecule has 1 rings (SSSR count). The highest BCUT2D eigenvalue weighted by molar-refractivity contribution is 4.67. The standard InChI is InChI=1S/C16H33NO5/c1-15(2)21-13-11-19-9-7-18-8-10-20-12-14-22-16-3-5-17-6-4-16/h15-17H,3-14H2,1-2H3. The average molecular weight is 319 g/mol. The lowest BCUT2D eigenvalue weighted by atomic mass is 10.1. The molecule has 1 heterocycles.